The summed E-state index contributed by atoms with van der Waals surface area (Å²) in [6.45, 7) is 1.37. The van der Waals surface area contributed by atoms with Gasteiger partial charge in [-0.3, -0.25) is 9.59 Å². The van der Waals surface area contributed by atoms with Gasteiger partial charge in [0.25, 0.3) is 0 Å². The normalized spacial score (nSPS) is 23.5. The molecule has 0 spiro atoms. The first-order chi connectivity index (χ1) is 13.7. The zero-order valence-electron chi connectivity index (χ0n) is 15.5. The number of ether oxygens (including phenoxy) is 2. The number of hydrogen-bond donors (Lipinski definition) is 0. The van der Waals surface area contributed by atoms with Crippen molar-refractivity contribution in [3.8, 4) is 11.5 Å². The summed E-state index contributed by atoms with van der Waals surface area (Å²) in [5, 5.41) is 0. The highest BCUT2D eigenvalue weighted by molar-refractivity contribution is 6.00. The maximum absolute atomic E-state index is 13.2. The quantitative estimate of drug-likeness (QED) is 0.823. The molecule has 2 aromatic carbocycles. The highest BCUT2D eigenvalue weighted by Gasteiger charge is 2.40. The third-order valence-electron chi connectivity index (χ3n) is 5.86. The van der Waals surface area contributed by atoms with Crippen LogP contribution in [0.4, 0.5) is 5.69 Å². The van der Waals surface area contributed by atoms with E-state index in [1.165, 1.54) is 5.56 Å². The smallest absolute Gasteiger partial charge is 0.231 e. The molecule has 2 unspecified atom stereocenters. The van der Waals surface area contributed by atoms with Crippen LogP contribution in [-0.4, -0.2) is 36.6 Å². The molecule has 2 amide bonds. The van der Waals surface area contributed by atoms with E-state index in [1.54, 1.807) is 4.90 Å². The lowest BCUT2D eigenvalue weighted by Crippen LogP contribution is -2.37. The lowest BCUT2D eigenvalue weighted by atomic mass is 10.0. The summed E-state index contributed by atoms with van der Waals surface area (Å²) in [6, 6.07) is 15.8. The Morgan fingerprint density at radius 2 is 1.86 bits per heavy atom. The average molecular weight is 378 g/mol. The first kappa shape index (κ1) is 17.1. The topological polar surface area (TPSA) is 59.1 Å². The van der Waals surface area contributed by atoms with Gasteiger partial charge in [-0.25, -0.2) is 0 Å². The van der Waals surface area contributed by atoms with Crippen LogP contribution in [-0.2, 0) is 9.59 Å². The molecule has 28 heavy (non-hydrogen) atoms. The molecule has 3 heterocycles. The maximum atomic E-state index is 13.2. The van der Waals surface area contributed by atoms with Crippen LogP contribution < -0.4 is 14.4 Å². The summed E-state index contributed by atoms with van der Waals surface area (Å²) in [7, 11) is 0. The van der Waals surface area contributed by atoms with Gasteiger partial charge in [-0.15, -0.1) is 0 Å². The molecule has 2 fully saturated rings. The number of rotatable bonds is 3. The van der Waals surface area contributed by atoms with Crippen LogP contribution in [0.15, 0.2) is 48.5 Å². The third kappa shape index (κ3) is 2.89. The van der Waals surface area contributed by atoms with E-state index in [2.05, 4.69) is 12.1 Å². The number of carbonyl (C=O) groups excluding carboxylic acids is 2. The molecule has 2 saturated heterocycles. The Morgan fingerprint density at radius 1 is 1.04 bits per heavy atom. The molecule has 3 aliphatic heterocycles. The highest BCUT2D eigenvalue weighted by Crippen LogP contribution is 2.38. The van der Waals surface area contributed by atoms with Crippen molar-refractivity contribution in [2.24, 2.45) is 5.92 Å². The van der Waals surface area contributed by atoms with Crippen LogP contribution >= 0.6 is 0 Å². The van der Waals surface area contributed by atoms with E-state index < -0.39 is 0 Å². The molecule has 2 aromatic rings. The predicted octanol–water partition coefficient (Wildman–Crippen LogP) is 3.13. The second kappa shape index (κ2) is 6.86. The van der Waals surface area contributed by atoms with Crippen molar-refractivity contribution in [3.05, 3.63) is 54.1 Å². The van der Waals surface area contributed by atoms with Crippen molar-refractivity contribution < 1.29 is 19.1 Å². The van der Waals surface area contributed by atoms with E-state index in [9.17, 15) is 9.59 Å². The first-order valence-corrected chi connectivity index (χ1v) is 9.76. The van der Waals surface area contributed by atoms with Crippen molar-refractivity contribution in [2.75, 3.05) is 24.8 Å². The van der Waals surface area contributed by atoms with Crippen LogP contribution in [0.1, 0.15) is 30.9 Å². The van der Waals surface area contributed by atoms with Gasteiger partial charge in [0.15, 0.2) is 11.5 Å². The van der Waals surface area contributed by atoms with Gasteiger partial charge in [-0.1, -0.05) is 30.3 Å². The van der Waals surface area contributed by atoms with E-state index in [4.69, 9.17) is 9.47 Å². The largest absolute Gasteiger partial charge is 0.454 e. The molecule has 2 atom stereocenters. The molecule has 144 valence electrons. The Hall–Kier alpha value is -3.02. The predicted molar refractivity (Wildman–Crippen MR) is 103 cm³/mol. The van der Waals surface area contributed by atoms with Gasteiger partial charge in [-0.2, -0.15) is 0 Å². The molecule has 5 rings (SSSR count). The lowest BCUT2D eigenvalue weighted by Gasteiger charge is -2.27. The minimum absolute atomic E-state index is 0.0207. The number of likely N-dealkylation sites (tertiary alicyclic amines) is 1. The third-order valence-corrected chi connectivity index (χ3v) is 5.86. The highest BCUT2D eigenvalue weighted by atomic mass is 16.7. The number of benzene rings is 2. The number of hydrogen-bond acceptors (Lipinski definition) is 4. The van der Waals surface area contributed by atoms with Gasteiger partial charge in [-0.05, 0) is 30.5 Å². The van der Waals surface area contributed by atoms with Crippen molar-refractivity contribution in [1.82, 2.24) is 4.90 Å². The van der Waals surface area contributed by atoms with Crippen LogP contribution in [0.3, 0.4) is 0 Å². The molecule has 0 saturated carbocycles. The first-order valence-electron chi connectivity index (χ1n) is 9.76. The molecule has 6 nitrogen and oxygen atoms in total. The zero-order valence-corrected chi connectivity index (χ0v) is 15.5. The minimum Gasteiger partial charge on any atom is -0.454 e. The van der Waals surface area contributed by atoms with Crippen molar-refractivity contribution in [3.63, 3.8) is 0 Å². The summed E-state index contributed by atoms with van der Waals surface area (Å²) in [6.07, 6.45) is 2.23. The van der Waals surface area contributed by atoms with Crippen molar-refractivity contribution in [2.45, 2.75) is 25.3 Å². The molecule has 0 aliphatic carbocycles. The Bertz CT molecular complexity index is 914. The van der Waals surface area contributed by atoms with E-state index in [1.807, 2.05) is 41.3 Å². The van der Waals surface area contributed by atoms with Gasteiger partial charge < -0.3 is 19.3 Å². The second-order valence-corrected chi connectivity index (χ2v) is 7.54. The van der Waals surface area contributed by atoms with E-state index in [-0.39, 0.29) is 37.0 Å². The fourth-order valence-electron chi connectivity index (χ4n) is 4.46. The summed E-state index contributed by atoms with van der Waals surface area (Å²) in [5.74, 6) is 1.09. The number of anilines is 1. The molecule has 0 bridgehead atoms. The number of carbonyl (C=O) groups is 2. The van der Waals surface area contributed by atoms with E-state index in [0.717, 1.165) is 25.1 Å². The zero-order chi connectivity index (χ0) is 19.1. The molecule has 0 radical (unpaired) electrons. The van der Waals surface area contributed by atoms with Crippen LogP contribution in [0.25, 0.3) is 0 Å². The number of nitrogens with zero attached hydrogens (tertiary/aromatic N) is 2. The van der Waals surface area contributed by atoms with E-state index in [0.29, 0.717) is 18.0 Å². The van der Waals surface area contributed by atoms with Crippen LogP contribution in [0.2, 0.25) is 0 Å². The number of fused-ring (bicyclic) bond motifs is 1. The summed E-state index contributed by atoms with van der Waals surface area (Å²) < 4.78 is 10.8. The SMILES string of the molecule is O=C1CC(C(=O)N2CCCC2c2ccccc2)CN1c1ccc2c(c1)OCO2. The van der Waals surface area contributed by atoms with Gasteiger partial charge in [0.2, 0.25) is 18.6 Å². The second-order valence-electron chi connectivity index (χ2n) is 7.54. The van der Waals surface area contributed by atoms with Crippen LogP contribution in [0, 0.1) is 5.92 Å². The fourth-order valence-corrected chi connectivity index (χ4v) is 4.46. The fraction of sp³-hybridized carbons (Fsp3) is 0.364. The molecule has 6 heteroatoms. The Kier molecular flexibility index (Phi) is 4.19. The summed E-state index contributed by atoms with van der Waals surface area (Å²) >= 11 is 0. The Balaban J connectivity index is 1.33. The summed E-state index contributed by atoms with van der Waals surface area (Å²) in [5.41, 5.74) is 1.93. The molecule has 0 N–H and O–H groups in total. The van der Waals surface area contributed by atoms with Gasteiger partial charge >= 0.3 is 0 Å². The standard InChI is InChI=1S/C22H22N2O4/c25-21-11-16(13-24(21)17-8-9-19-20(12-17)28-14-27-19)22(26)23-10-4-7-18(23)15-5-2-1-3-6-15/h1-3,5-6,8-9,12,16,18H,4,7,10-11,13-14H2. The minimum atomic E-state index is -0.303. The van der Waals surface area contributed by atoms with E-state index >= 15 is 0 Å². The monoisotopic (exact) mass is 378 g/mol. The summed E-state index contributed by atoms with van der Waals surface area (Å²) in [4.78, 5) is 29.5. The van der Waals surface area contributed by atoms with Crippen molar-refractivity contribution in [1.29, 1.82) is 0 Å². The van der Waals surface area contributed by atoms with Gasteiger partial charge in [0, 0.05) is 31.3 Å². The molecular weight excluding hydrogens is 356 g/mol. The molecule has 3 aliphatic rings. The van der Waals surface area contributed by atoms with Crippen LogP contribution in [0.5, 0.6) is 11.5 Å². The Morgan fingerprint density at radius 3 is 2.71 bits per heavy atom. The lowest BCUT2D eigenvalue weighted by molar-refractivity contribution is -0.136. The Labute approximate surface area is 163 Å². The maximum Gasteiger partial charge on any atom is 0.231 e. The van der Waals surface area contributed by atoms with Gasteiger partial charge in [0.1, 0.15) is 0 Å². The average Bonchev–Trinajstić information content (AvgIpc) is 3.46. The number of amides is 2. The molecule has 0 aromatic heterocycles. The molecular formula is C22H22N2O4. The van der Waals surface area contributed by atoms with Gasteiger partial charge in [0.05, 0.1) is 12.0 Å². The van der Waals surface area contributed by atoms with Crippen molar-refractivity contribution >= 4 is 17.5 Å².